The summed E-state index contributed by atoms with van der Waals surface area (Å²) in [5.41, 5.74) is 10.5. The molecule has 1 heterocycles. The fourth-order valence-electron chi connectivity index (χ4n) is 2.85. The Bertz CT molecular complexity index is 684. The Kier molecular flexibility index (Phi) is 3.52. The van der Waals surface area contributed by atoms with E-state index >= 15 is 0 Å². The maximum atomic E-state index is 5.90. The number of hydrogen-bond acceptors (Lipinski definition) is 2. The van der Waals surface area contributed by atoms with Crippen LogP contribution in [0, 0.1) is 0 Å². The summed E-state index contributed by atoms with van der Waals surface area (Å²) in [7, 11) is 0. The lowest BCUT2D eigenvalue weighted by molar-refractivity contribution is 0.758. The number of hydrogen-bond donors (Lipinski definition) is 1. The minimum atomic E-state index is 0.404. The zero-order valence-corrected chi connectivity index (χ0v) is 13.5. The fourth-order valence-corrected chi connectivity index (χ4v) is 3.37. The number of anilines is 2. The van der Waals surface area contributed by atoms with Gasteiger partial charge in [-0.05, 0) is 43.2 Å². The van der Waals surface area contributed by atoms with Gasteiger partial charge in [0.25, 0.3) is 0 Å². The molecule has 0 amide bonds. The van der Waals surface area contributed by atoms with E-state index in [9.17, 15) is 0 Å². The molecule has 2 aromatic rings. The van der Waals surface area contributed by atoms with Gasteiger partial charge >= 0.3 is 0 Å². The van der Waals surface area contributed by atoms with Crippen LogP contribution in [0.1, 0.15) is 18.1 Å². The van der Waals surface area contributed by atoms with E-state index in [1.165, 1.54) is 11.3 Å². The van der Waals surface area contributed by atoms with Crippen LogP contribution < -0.4 is 10.6 Å². The number of benzene rings is 2. The van der Waals surface area contributed by atoms with Gasteiger partial charge < -0.3 is 10.6 Å². The Labute approximate surface area is 132 Å². The monoisotopic (exact) mass is 346 g/mol. The van der Waals surface area contributed by atoms with E-state index in [0.29, 0.717) is 11.0 Å². The predicted octanol–water partition coefficient (Wildman–Crippen LogP) is 4.17. The molecule has 0 saturated carbocycles. The molecule has 2 N–H and O–H groups in total. The Morgan fingerprint density at radius 2 is 2.00 bits per heavy atom. The predicted molar refractivity (Wildman–Crippen MR) is 91.8 cm³/mol. The van der Waals surface area contributed by atoms with Gasteiger partial charge in [0, 0.05) is 21.8 Å². The van der Waals surface area contributed by atoms with E-state index in [-0.39, 0.29) is 0 Å². The van der Waals surface area contributed by atoms with Crippen molar-refractivity contribution in [1.29, 1.82) is 0 Å². The first-order valence-electron chi connectivity index (χ1n) is 6.54. The van der Waals surface area contributed by atoms with Crippen molar-refractivity contribution >= 4 is 44.5 Å². The van der Waals surface area contributed by atoms with E-state index in [4.69, 9.17) is 18.0 Å². The van der Waals surface area contributed by atoms with Crippen molar-refractivity contribution in [3.63, 3.8) is 0 Å². The number of nitrogens with zero attached hydrogens (tertiary/aromatic N) is 1. The minimum absolute atomic E-state index is 0.404. The second-order valence-corrected chi connectivity index (χ2v) is 6.43. The van der Waals surface area contributed by atoms with Crippen LogP contribution in [0.3, 0.4) is 0 Å². The zero-order valence-electron chi connectivity index (χ0n) is 11.1. The van der Waals surface area contributed by atoms with Gasteiger partial charge in [-0.2, -0.15) is 0 Å². The molecule has 4 heteroatoms. The first-order chi connectivity index (χ1) is 9.58. The van der Waals surface area contributed by atoms with Gasteiger partial charge in [-0.3, -0.25) is 0 Å². The summed E-state index contributed by atoms with van der Waals surface area (Å²) in [6.45, 7) is 2.23. The minimum Gasteiger partial charge on any atom is -0.389 e. The van der Waals surface area contributed by atoms with Gasteiger partial charge in [-0.1, -0.05) is 46.3 Å². The molecule has 0 radical (unpaired) electrons. The summed E-state index contributed by atoms with van der Waals surface area (Å²) in [6, 6.07) is 15.0. The molecule has 0 fully saturated rings. The number of thiocarbonyl (C=S) groups is 1. The van der Waals surface area contributed by atoms with Crippen molar-refractivity contribution < 1.29 is 0 Å². The third-order valence-electron chi connectivity index (χ3n) is 3.69. The van der Waals surface area contributed by atoms with Crippen molar-refractivity contribution in [2.45, 2.75) is 19.4 Å². The van der Waals surface area contributed by atoms with Crippen molar-refractivity contribution in [1.82, 2.24) is 0 Å². The maximum absolute atomic E-state index is 5.90. The Hall–Kier alpha value is -1.39. The molecule has 3 rings (SSSR count). The Morgan fingerprint density at radius 3 is 2.75 bits per heavy atom. The smallest absolute Gasteiger partial charge is 0.106 e. The highest BCUT2D eigenvalue weighted by Crippen LogP contribution is 2.40. The van der Waals surface area contributed by atoms with Crippen LogP contribution in [-0.2, 0) is 6.42 Å². The SMILES string of the molecule is CC1Cc2ccccc2N1c1ccc(Br)cc1C(N)=S. The summed E-state index contributed by atoms with van der Waals surface area (Å²) in [5, 5.41) is 0. The number of para-hydroxylation sites is 1. The third-order valence-corrected chi connectivity index (χ3v) is 4.40. The fraction of sp³-hybridized carbons (Fsp3) is 0.188. The quantitative estimate of drug-likeness (QED) is 0.827. The first kappa shape index (κ1) is 13.6. The lowest BCUT2D eigenvalue weighted by atomic mass is 10.1. The van der Waals surface area contributed by atoms with Crippen LogP contribution in [0.4, 0.5) is 11.4 Å². The van der Waals surface area contributed by atoms with Crippen molar-refractivity contribution in [3.8, 4) is 0 Å². The Morgan fingerprint density at radius 1 is 1.25 bits per heavy atom. The molecule has 1 atom stereocenters. The topological polar surface area (TPSA) is 29.3 Å². The van der Waals surface area contributed by atoms with Crippen LogP contribution in [0.15, 0.2) is 46.9 Å². The van der Waals surface area contributed by atoms with E-state index in [2.05, 4.69) is 58.1 Å². The lowest BCUT2D eigenvalue weighted by Crippen LogP contribution is -2.26. The average molecular weight is 347 g/mol. The zero-order chi connectivity index (χ0) is 14.3. The van der Waals surface area contributed by atoms with Crippen LogP contribution >= 0.6 is 28.1 Å². The van der Waals surface area contributed by atoms with Crippen molar-refractivity contribution in [2.24, 2.45) is 5.73 Å². The molecular weight excluding hydrogens is 332 g/mol. The van der Waals surface area contributed by atoms with Gasteiger partial charge in [0.15, 0.2) is 0 Å². The summed E-state index contributed by atoms with van der Waals surface area (Å²) in [4.78, 5) is 2.76. The molecule has 2 nitrogen and oxygen atoms in total. The largest absolute Gasteiger partial charge is 0.389 e. The molecule has 0 spiro atoms. The van der Waals surface area contributed by atoms with Gasteiger partial charge in [-0.25, -0.2) is 0 Å². The first-order valence-corrected chi connectivity index (χ1v) is 7.74. The second kappa shape index (κ2) is 5.19. The van der Waals surface area contributed by atoms with Gasteiger partial charge in [-0.15, -0.1) is 0 Å². The molecule has 0 bridgehead atoms. The standard InChI is InChI=1S/C16H15BrN2S/c1-10-8-11-4-2-3-5-14(11)19(10)15-7-6-12(17)9-13(15)16(18)20/h2-7,9-10H,8H2,1H3,(H2,18,20). The second-order valence-electron chi connectivity index (χ2n) is 5.08. The highest BCUT2D eigenvalue weighted by atomic mass is 79.9. The number of nitrogens with two attached hydrogens (primary N) is 1. The van der Waals surface area contributed by atoms with E-state index in [1.54, 1.807) is 0 Å². The highest BCUT2D eigenvalue weighted by molar-refractivity contribution is 9.10. The normalized spacial score (nSPS) is 17.1. The lowest BCUT2D eigenvalue weighted by Gasteiger charge is -2.27. The Balaban J connectivity index is 2.17. The number of fused-ring (bicyclic) bond motifs is 1. The van der Waals surface area contributed by atoms with E-state index in [0.717, 1.165) is 22.1 Å². The molecule has 0 saturated heterocycles. The van der Waals surface area contributed by atoms with E-state index in [1.807, 2.05) is 12.1 Å². The number of rotatable bonds is 2. The summed E-state index contributed by atoms with van der Waals surface area (Å²) < 4.78 is 0.990. The molecule has 102 valence electrons. The molecule has 20 heavy (non-hydrogen) atoms. The number of halogens is 1. The summed E-state index contributed by atoms with van der Waals surface area (Å²) >= 11 is 8.70. The van der Waals surface area contributed by atoms with Crippen LogP contribution in [0.25, 0.3) is 0 Å². The molecular formula is C16H15BrN2S. The average Bonchev–Trinajstić information content (AvgIpc) is 2.74. The van der Waals surface area contributed by atoms with Crippen molar-refractivity contribution in [2.75, 3.05) is 4.90 Å². The highest BCUT2D eigenvalue weighted by Gasteiger charge is 2.28. The molecule has 0 aromatic heterocycles. The van der Waals surface area contributed by atoms with Gasteiger partial charge in [0.1, 0.15) is 4.99 Å². The molecule has 1 unspecified atom stereocenters. The van der Waals surface area contributed by atoms with Gasteiger partial charge in [0.05, 0.1) is 5.69 Å². The van der Waals surface area contributed by atoms with Crippen LogP contribution in [-0.4, -0.2) is 11.0 Å². The summed E-state index contributed by atoms with van der Waals surface area (Å²) in [5.74, 6) is 0. The maximum Gasteiger partial charge on any atom is 0.106 e. The van der Waals surface area contributed by atoms with Crippen LogP contribution in [0.5, 0.6) is 0 Å². The van der Waals surface area contributed by atoms with Gasteiger partial charge in [0.2, 0.25) is 0 Å². The summed E-state index contributed by atoms with van der Waals surface area (Å²) in [6.07, 6.45) is 1.04. The van der Waals surface area contributed by atoms with E-state index < -0.39 is 0 Å². The molecule has 0 aliphatic carbocycles. The molecule has 2 aromatic carbocycles. The van der Waals surface area contributed by atoms with Crippen LogP contribution in [0.2, 0.25) is 0 Å². The van der Waals surface area contributed by atoms with Crippen molar-refractivity contribution in [3.05, 3.63) is 58.1 Å². The molecule has 1 aliphatic rings. The molecule has 1 aliphatic heterocycles. The third kappa shape index (κ3) is 2.23.